The van der Waals surface area contributed by atoms with Crippen molar-refractivity contribution in [2.24, 2.45) is 24.1 Å². The Hall–Kier alpha value is -0.830. The highest BCUT2D eigenvalue weighted by Gasteiger charge is 2.58. The zero-order valence-electron chi connectivity index (χ0n) is 11.9. The van der Waals surface area contributed by atoms with Gasteiger partial charge in [0.1, 0.15) is 0 Å². The molecule has 0 aromatic carbocycles. The van der Waals surface area contributed by atoms with E-state index in [1.54, 1.807) is 0 Å². The van der Waals surface area contributed by atoms with Crippen LogP contribution in [-0.2, 0) is 12.5 Å². The molecular weight excluding hydrogens is 210 g/mol. The third-order valence-electron chi connectivity index (χ3n) is 4.31. The van der Waals surface area contributed by atoms with Gasteiger partial charge < -0.3 is 5.73 Å². The fraction of sp³-hybridized carbons (Fsp3) is 0.786. The number of rotatable bonds is 2. The summed E-state index contributed by atoms with van der Waals surface area (Å²) in [5.74, 6) is 1.17. The fourth-order valence-electron chi connectivity index (χ4n) is 2.91. The Morgan fingerprint density at radius 1 is 1.41 bits per heavy atom. The highest BCUT2D eigenvalue weighted by atomic mass is 15.3. The third kappa shape index (κ3) is 1.90. The molecule has 1 heterocycles. The van der Waals surface area contributed by atoms with Crippen molar-refractivity contribution in [1.82, 2.24) is 9.78 Å². The average Bonchev–Trinajstić information content (AvgIpc) is 2.52. The van der Waals surface area contributed by atoms with Crippen LogP contribution in [0.1, 0.15) is 51.9 Å². The predicted molar refractivity (Wildman–Crippen MR) is 71.0 cm³/mol. The lowest BCUT2D eigenvalue weighted by atomic mass is 9.92. The molecule has 0 amide bonds. The number of hydrogen-bond acceptors (Lipinski definition) is 2. The first-order valence-corrected chi connectivity index (χ1v) is 6.44. The summed E-state index contributed by atoms with van der Waals surface area (Å²) in [7, 11) is 2.05. The standard InChI is InChI=1S/C14H25N3/c1-13(2,3)11-7-10(17(6)16-11)12-9(8-15)14(12,4)5/h7,9,12H,8,15H2,1-6H3/t9-,12+/m1/s1. The second-order valence-corrected chi connectivity index (χ2v) is 6.97. The number of aryl methyl sites for hydroxylation is 1. The smallest absolute Gasteiger partial charge is 0.0680 e. The summed E-state index contributed by atoms with van der Waals surface area (Å²) in [6.45, 7) is 12.0. The van der Waals surface area contributed by atoms with E-state index in [-0.39, 0.29) is 5.41 Å². The van der Waals surface area contributed by atoms with Crippen LogP contribution in [0, 0.1) is 11.3 Å². The van der Waals surface area contributed by atoms with E-state index in [0.717, 1.165) is 6.54 Å². The topological polar surface area (TPSA) is 43.8 Å². The minimum atomic E-state index is 0.118. The maximum absolute atomic E-state index is 5.85. The number of aromatic nitrogens is 2. The van der Waals surface area contributed by atoms with Crippen LogP contribution in [0.3, 0.4) is 0 Å². The molecule has 1 aromatic heterocycles. The van der Waals surface area contributed by atoms with E-state index in [0.29, 0.717) is 17.3 Å². The summed E-state index contributed by atoms with van der Waals surface area (Å²) in [6, 6.07) is 2.27. The van der Waals surface area contributed by atoms with Gasteiger partial charge in [0.05, 0.1) is 5.69 Å². The normalized spacial score (nSPS) is 27.2. The first-order chi connectivity index (χ1) is 7.69. The Labute approximate surface area is 104 Å². The van der Waals surface area contributed by atoms with E-state index in [1.165, 1.54) is 11.4 Å². The van der Waals surface area contributed by atoms with Crippen LogP contribution in [0.25, 0.3) is 0 Å². The van der Waals surface area contributed by atoms with E-state index in [1.807, 2.05) is 11.7 Å². The lowest BCUT2D eigenvalue weighted by Gasteiger charge is -2.13. The van der Waals surface area contributed by atoms with Gasteiger partial charge in [-0.25, -0.2) is 0 Å². The minimum Gasteiger partial charge on any atom is -0.330 e. The molecule has 0 saturated heterocycles. The number of nitrogens with two attached hydrogens (primary N) is 1. The van der Waals surface area contributed by atoms with Gasteiger partial charge in [0.2, 0.25) is 0 Å². The van der Waals surface area contributed by atoms with Crippen LogP contribution < -0.4 is 5.73 Å². The molecule has 1 aliphatic rings. The van der Waals surface area contributed by atoms with Crippen LogP contribution >= 0.6 is 0 Å². The van der Waals surface area contributed by atoms with Gasteiger partial charge in [-0.1, -0.05) is 34.6 Å². The Morgan fingerprint density at radius 3 is 2.35 bits per heavy atom. The lowest BCUT2D eigenvalue weighted by molar-refractivity contribution is 0.544. The maximum Gasteiger partial charge on any atom is 0.0680 e. The quantitative estimate of drug-likeness (QED) is 0.855. The Balaban J connectivity index is 2.33. The molecule has 17 heavy (non-hydrogen) atoms. The van der Waals surface area contributed by atoms with Crippen LogP contribution in [0.5, 0.6) is 0 Å². The van der Waals surface area contributed by atoms with Crippen molar-refractivity contribution in [1.29, 1.82) is 0 Å². The Kier molecular flexibility index (Phi) is 2.66. The highest BCUT2D eigenvalue weighted by molar-refractivity contribution is 5.30. The molecule has 1 aromatic rings. The van der Waals surface area contributed by atoms with Gasteiger partial charge in [-0.3, -0.25) is 4.68 Å². The molecule has 2 rings (SSSR count). The monoisotopic (exact) mass is 235 g/mol. The summed E-state index contributed by atoms with van der Waals surface area (Å²) < 4.78 is 2.04. The Bertz CT molecular complexity index is 423. The lowest BCUT2D eigenvalue weighted by Crippen LogP contribution is -2.12. The van der Waals surface area contributed by atoms with Gasteiger partial charge >= 0.3 is 0 Å². The predicted octanol–water partition coefficient (Wildman–Crippen LogP) is 2.42. The van der Waals surface area contributed by atoms with Crippen molar-refractivity contribution in [3.8, 4) is 0 Å². The van der Waals surface area contributed by atoms with Crippen molar-refractivity contribution in [2.75, 3.05) is 6.54 Å². The van der Waals surface area contributed by atoms with Gasteiger partial charge in [0.15, 0.2) is 0 Å². The molecule has 1 aliphatic carbocycles. The second-order valence-electron chi connectivity index (χ2n) is 6.97. The molecular formula is C14H25N3. The molecule has 3 nitrogen and oxygen atoms in total. The molecule has 3 heteroatoms. The molecule has 0 spiro atoms. The molecule has 2 N–H and O–H groups in total. The summed E-state index contributed by atoms with van der Waals surface area (Å²) in [5.41, 5.74) is 8.82. The average molecular weight is 235 g/mol. The SMILES string of the molecule is Cn1nc(C(C)(C)C)cc1[C@@H]1[C@@H](CN)C1(C)C. The Morgan fingerprint density at radius 2 is 2.00 bits per heavy atom. The van der Waals surface area contributed by atoms with Gasteiger partial charge in [0, 0.05) is 24.1 Å². The van der Waals surface area contributed by atoms with E-state index in [9.17, 15) is 0 Å². The largest absolute Gasteiger partial charge is 0.330 e. The van der Waals surface area contributed by atoms with Crippen molar-refractivity contribution in [2.45, 2.75) is 46.0 Å². The van der Waals surface area contributed by atoms with Gasteiger partial charge in [-0.05, 0) is 23.9 Å². The molecule has 1 saturated carbocycles. The summed E-state index contributed by atoms with van der Waals surface area (Å²) in [4.78, 5) is 0. The van der Waals surface area contributed by atoms with Crippen LogP contribution in [0.15, 0.2) is 6.07 Å². The number of nitrogens with zero attached hydrogens (tertiary/aromatic N) is 2. The van der Waals surface area contributed by atoms with E-state index < -0.39 is 0 Å². The molecule has 0 aliphatic heterocycles. The van der Waals surface area contributed by atoms with Crippen LogP contribution in [0.2, 0.25) is 0 Å². The summed E-state index contributed by atoms with van der Waals surface area (Å²) in [6.07, 6.45) is 0. The second kappa shape index (κ2) is 3.58. The maximum atomic E-state index is 5.85. The fourth-order valence-corrected chi connectivity index (χ4v) is 2.91. The number of hydrogen-bond donors (Lipinski definition) is 1. The summed E-state index contributed by atoms with van der Waals surface area (Å²) >= 11 is 0. The van der Waals surface area contributed by atoms with Crippen molar-refractivity contribution in [3.63, 3.8) is 0 Å². The van der Waals surface area contributed by atoms with Gasteiger partial charge in [-0.2, -0.15) is 5.10 Å². The van der Waals surface area contributed by atoms with Crippen LogP contribution in [-0.4, -0.2) is 16.3 Å². The molecule has 1 fully saturated rings. The van der Waals surface area contributed by atoms with Gasteiger partial charge in [-0.15, -0.1) is 0 Å². The minimum absolute atomic E-state index is 0.118. The van der Waals surface area contributed by atoms with E-state index in [2.05, 4.69) is 45.8 Å². The van der Waals surface area contributed by atoms with Crippen molar-refractivity contribution in [3.05, 3.63) is 17.5 Å². The van der Waals surface area contributed by atoms with E-state index in [4.69, 9.17) is 5.73 Å². The van der Waals surface area contributed by atoms with E-state index >= 15 is 0 Å². The molecule has 2 atom stereocenters. The molecule has 0 radical (unpaired) electrons. The zero-order chi connectivity index (χ0) is 13.0. The third-order valence-corrected chi connectivity index (χ3v) is 4.31. The van der Waals surface area contributed by atoms with Crippen molar-refractivity contribution < 1.29 is 0 Å². The zero-order valence-corrected chi connectivity index (χ0v) is 11.9. The highest BCUT2D eigenvalue weighted by Crippen LogP contribution is 2.63. The van der Waals surface area contributed by atoms with Gasteiger partial charge in [0.25, 0.3) is 0 Å². The summed E-state index contributed by atoms with van der Waals surface area (Å²) in [5, 5.41) is 4.65. The van der Waals surface area contributed by atoms with Crippen LogP contribution in [0.4, 0.5) is 0 Å². The first-order valence-electron chi connectivity index (χ1n) is 6.44. The molecule has 0 bridgehead atoms. The van der Waals surface area contributed by atoms with Crippen molar-refractivity contribution >= 4 is 0 Å². The first kappa shape index (κ1) is 12.6. The molecule has 96 valence electrons. The molecule has 0 unspecified atom stereocenters.